The first-order valence-corrected chi connectivity index (χ1v) is 4.95. The first-order valence-electron chi connectivity index (χ1n) is 4.95. The van der Waals surface area contributed by atoms with E-state index in [1.807, 2.05) is 31.4 Å². The number of hydrogen-bond donors (Lipinski definition) is 0. The molecule has 0 aliphatic carbocycles. The fourth-order valence-corrected chi connectivity index (χ4v) is 1.60. The zero-order valence-corrected chi connectivity index (χ0v) is 9.60. The van der Waals surface area contributed by atoms with Crippen molar-refractivity contribution in [3.8, 4) is 22.6 Å². The molecule has 0 aliphatic rings. The van der Waals surface area contributed by atoms with Crippen LogP contribution >= 0.6 is 0 Å². The molecule has 0 atom stereocenters. The third-order valence-electron chi connectivity index (χ3n) is 2.42. The molecule has 0 saturated heterocycles. The summed E-state index contributed by atoms with van der Waals surface area (Å²) in [6, 6.07) is 5.70. The van der Waals surface area contributed by atoms with Crippen LogP contribution in [0.2, 0.25) is 0 Å². The Morgan fingerprint density at radius 2 is 2.00 bits per heavy atom. The zero-order chi connectivity index (χ0) is 11.5. The third kappa shape index (κ3) is 1.86. The highest BCUT2D eigenvalue weighted by atomic mass is 16.5. The molecule has 0 saturated carbocycles. The zero-order valence-electron chi connectivity index (χ0n) is 9.60. The summed E-state index contributed by atoms with van der Waals surface area (Å²) in [6.07, 6.45) is 3.74. The van der Waals surface area contributed by atoms with E-state index in [1.54, 1.807) is 25.1 Å². The molecule has 1 aromatic heterocycles. The van der Waals surface area contributed by atoms with E-state index in [4.69, 9.17) is 9.47 Å². The van der Waals surface area contributed by atoms with Crippen molar-refractivity contribution in [2.45, 2.75) is 0 Å². The summed E-state index contributed by atoms with van der Waals surface area (Å²) in [5.41, 5.74) is 1.99. The van der Waals surface area contributed by atoms with Crippen molar-refractivity contribution >= 4 is 0 Å². The Balaban J connectivity index is 2.52. The van der Waals surface area contributed by atoms with E-state index in [-0.39, 0.29) is 0 Å². The lowest BCUT2D eigenvalue weighted by Crippen LogP contribution is -1.89. The van der Waals surface area contributed by atoms with Gasteiger partial charge in [-0.3, -0.25) is 4.68 Å². The fraction of sp³-hybridized carbons (Fsp3) is 0.250. The van der Waals surface area contributed by atoms with Crippen LogP contribution < -0.4 is 9.47 Å². The van der Waals surface area contributed by atoms with E-state index in [1.165, 1.54) is 0 Å². The van der Waals surface area contributed by atoms with Gasteiger partial charge >= 0.3 is 0 Å². The molecule has 0 spiro atoms. The molecular formula is C12H14N2O2. The third-order valence-corrected chi connectivity index (χ3v) is 2.42. The predicted octanol–water partition coefficient (Wildman–Crippen LogP) is 2.10. The average molecular weight is 218 g/mol. The summed E-state index contributed by atoms with van der Waals surface area (Å²) in [6.45, 7) is 0. The molecule has 2 rings (SSSR count). The fourth-order valence-electron chi connectivity index (χ4n) is 1.60. The maximum absolute atomic E-state index is 5.32. The van der Waals surface area contributed by atoms with E-state index in [9.17, 15) is 0 Å². The second kappa shape index (κ2) is 4.26. The van der Waals surface area contributed by atoms with E-state index < -0.39 is 0 Å². The Kier molecular flexibility index (Phi) is 2.81. The molecule has 4 nitrogen and oxygen atoms in total. The van der Waals surface area contributed by atoms with Gasteiger partial charge in [-0.05, 0) is 18.2 Å². The normalized spacial score (nSPS) is 10.2. The highest BCUT2D eigenvalue weighted by Gasteiger charge is 2.08. The smallest absolute Gasteiger partial charge is 0.127 e. The number of benzene rings is 1. The van der Waals surface area contributed by atoms with E-state index in [0.717, 1.165) is 22.6 Å². The molecule has 0 fully saturated rings. The molecule has 0 unspecified atom stereocenters. The van der Waals surface area contributed by atoms with Crippen LogP contribution in [0.5, 0.6) is 11.5 Å². The van der Waals surface area contributed by atoms with Crippen LogP contribution in [0.4, 0.5) is 0 Å². The first kappa shape index (κ1) is 10.5. The largest absolute Gasteiger partial charge is 0.497 e. The topological polar surface area (TPSA) is 36.3 Å². The Hall–Kier alpha value is -1.97. The van der Waals surface area contributed by atoms with Crippen LogP contribution in [0, 0.1) is 0 Å². The monoisotopic (exact) mass is 218 g/mol. The van der Waals surface area contributed by atoms with Gasteiger partial charge in [-0.15, -0.1) is 0 Å². The molecule has 16 heavy (non-hydrogen) atoms. The Morgan fingerprint density at radius 1 is 1.19 bits per heavy atom. The van der Waals surface area contributed by atoms with E-state index in [0.29, 0.717) is 0 Å². The van der Waals surface area contributed by atoms with Crippen LogP contribution in [-0.2, 0) is 7.05 Å². The van der Waals surface area contributed by atoms with Crippen LogP contribution in [0.3, 0.4) is 0 Å². The molecule has 2 aromatic rings. The minimum atomic E-state index is 0.805. The quantitative estimate of drug-likeness (QED) is 0.791. The number of rotatable bonds is 3. The SMILES string of the molecule is COc1ccc(OC)c(-c2cnn(C)c2)c1. The van der Waals surface area contributed by atoms with Gasteiger partial charge in [0, 0.05) is 24.4 Å². The van der Waals surface area contributed by atoms with Gasteiger partial charge in [0.15, 0.2) is 0 Å². The summed E-state index contributed by atoms with van der Waals surface area (Å²) >= 11 is 0. The van der Waals surface area contributed by atoms with Crippen molar-refractivity contribution in [2.75, 3.05) is 14.2 Å². The van der Waals surface area contributed by atoms with E-state index in [2.05, 4.69) is 5.10 Å². The molecule has 0 aliphatic heterocycles. The van der Waals surface area contributed by atoms with Gasteiger partial charge in [0.1, 0.15) is 11.5 Å². The summed E-state index contributed by atoms with van der Waals surface area (Å²) in [4.78, 5) is 0. The van der Waals surface area contributed by atoms with Crippen molar-refractivity contribution in [3.05, 3.63) is 30.6 Å². The highest BCUT2D eigenvalue weighted by molar-refractivity contribution is 5.71. The molecular weight excluding hydrogens is 204 g/mol. The Labute approximate surface area is 94.4 Å². The van der Waals surface area contributed by atoms with Crippen LogP contribution in [0.15, 0.2) is 30.6 Å². The van der Waals surface area contributed by atoms with Gasteiger partial charge in [0.05, 0.1) is 20.4 Å². The first-order chi connectivity index (χ1) is 7.74. The van der Waals surface area contributed by atoms with Gasteiger partial charge in [0.25, 0.3) is 0 Å². The molecule has 0 amide bonds. The summed E-state index contributed by atoms with van der Waals surface area (Å²) in [5.74, 6) is 1.62. The van der Waals surface area contributed by atoms with Crippen molar-refractivity contribution in [3.63, 3.8) is 0 Å². The van der Waals surface area contributed by atoms with Crippen molar-refractivity contribution < 1.29 is 9.47 Å². The molecule has 1 aromatic carbocycles. The lowest BCUT2D eigenvalue weighted by atomic mass is 10.1. The number of aromatic nitrogens is 2. The highest BCUT2D eigenvalue weighted by Crippen LogP contribution is 2.32. The minimum absolute atomic E-state index is 0.805. The summed E-state index contributed by atoms with van der Waals surface area (Å²) < 4.78 is 12.3. The summed E-state index contributed by atoms with van der Waals surface area (Å²) in [7, 11) is 5.19. The Bertz CT molecular complexity index is 492. The summed E-state index contributed by atoms with van der Waals surface area (Å²) in [5, 5.41) is 4.14. The molecule has 84 valence electrons. The van der Waals surface area contributed by atoms with Crippen LogP contribution in [-0.4, -0.2) is 24.0 Å². The number of nitrogens with zero attached hydrogens (tertiary/aromatic N) is 2. The van der Waals surface area contributed by atoms with Crippen molar-refractivity contribution in [1.82, 2.24) is 9.78 Å². The van der Waals surface area contributed by atoms with Crippen LogP contribution in [0.25, 0.3) is 11.1 Å². The molecule has 0 radical (unpaired) electrons. The number of methoxy groups -OCH3 is 2. The minimum Gasteiger partial charge on any atom is -0.497 e. The number of ether oxygens (including phenoxy) is 2. The molecule has 1 heterocycles. The molecule has 0 bridgehead atoms. The lowest BCUT2D eigenvalue weighted by Gasteiger charge is -2.08. The van der Waals surface area contributed by atoms with Crippen molar-refractivity contribution in [2.24, 2.45) is 7.05 Å². The van der Waals surface area contributed by atoms with Crippen molar-refractivity contribution in [1.29, 1.82) is 0 Å². The van der Waals surface area contributed by atoms with Gasteiger partial charge in [0.2, 0.25) is 0 Å². The maximum atomic E-state index is 5.32. The molecule has 0 N–H and O–H groups in total. The van der Waals surface area contributed by atoms with Gasteiger partial charge < -0.3 is 9.47 Å². The second-order valence-electron chi connectivity index (χ2n) is 3.47. The standard InChI is InChI=1S/C12H14N2O2/c1-14-8-9(7-13-14)11-6-10(15-2)4-5-12(11)16-3/h4-8H,1-3H3. The van der Waals surface area contributed by atoms with Gasteiger partial charge in [-0.1, -0.05) is 0 Å². The van der Waals surface area contributed by atoms with Gasteiger partial charge in [-0.2, -0.15) is 5.10 Å². The maximum Gasteiger partial charge on any atom is 0.127 e. The lowest BCUT2D eigenvalue weighted by molar-refractivity contribution is 0.404. The number of hydrogen-bond acceptors (Lipinski definition) is 3. The second-order valence-corrected chi connectivity index (χ2v) is 3.47. The average Bonchev–Trinajstić information content (AvgIpc) is 2.75. The van der Waals surface area contributed by atoms with Gasteiger partial charge in [-0.25, -0.2) is 0 Å². The Morgan fingerprint density at radius 3 is 2.56 bits per heavy atom. The number of aryl methyl sites for hydroxylation is 1. The van der Waals surface area contributed by atoms with Crippen LogP contribution in [0.1, 0.15) is 0 Å². The molecule has 4 heteroatoms. The predicted molar refractivity (Wildman–Crippen MR) is 61.7 cm³/mol. The van der Waals surface area contributed by atoms with E-state index >= 15 is 0 Å².